The molecule has 4 rings (SSSR count). The second-order valence-electron chi connectivity index (χ2n) is 9.86. The van der Waals surface area contributed by atoms with Crippen LogP contribution < -0.4 is 0 Å². The molecule has 0 nitrogen and oxygen atoms in total. The maximum absolute atomic E-state index is 13.3. The lowest BCUT2D eigenvalue weighted by Gasteiger charge is -2.33. The molecule has 1 aliphatic carbocycles. The van der Waals surface area contributed by atoms with Crippen LogP contribution in [-0.4, -0.2) is 0 Å². The topological polar surface area (TPSA) is 0 Å². The van der Waals surface area contributed by atoms with Gasteiger partial charge >= 0.3 is 0 Å². The molecule has 1 fully saturated rings. The van der Waals surface area contributed by atoms with Crippen molar-refractivity contribution in [3.8, 4) is 0 Å². The molecule has 1 aliphatic heterocycles. The first-order chi connectivity index (χ1) is 14.4. The Hall–Kier alpha value is -1.54. The number of rotatable bonds is 5. The summed E-state index contributed by atoms with van der Waals surface area (Å²) in [6.45, 7) is 9.31. The summed E-state index contributed by atoms with van der Waals surface area (Å²) >= 11 is 1.96. The van der Waals surface area contributed by atoms with Crippen molar-refractivity contribution in [1.29, 1.82) is 0 Å². The van der Waals surface area contributed by atoms with Crippen LogP contribution in [0.3, 0.4) is 0 Å². The van der Waals surface area contributed by atoms with Gasteiger partial charge in [0.2, 0.25) is 0 Å². The van der Waals surface area contributed by atoms with E-state index in [1.807, 2.05) is 23.9 Å². The van der Waals surface area contributed by atoms with E-state index in [4.69, 9.17) is 0 Å². The van der Waals surface area contributed by atoms with Gasteiger partial charge in [-0.2, -0.15) is 0 Å². The standard InChI is InChI=1S/C28H35FS/c1-5-21-14-19(2)15-24(16-21)22-7-6-20(3)23(17-22)18-27-12-13-28(4,30-27)25-8-10-26(29)11-9-25/h6-12,17,19,21,24H,5,13-16,18H2,1-4H3. The number of thioether (sulfide) groups is 1. The average Bonchev–Trinajstić information content (AvgIpc) is 3.11. The lowest BCUT2D eigenvalue weighted by atomic mass is 9.72. The van der Waals surface area contributed by atoms with Crippen molar-refractivity contribution >= 4 is 11.8 Å². The van der Waals surface area contributed by atoms with Crippen LogP contribution in [0, 0.1) is 24.6 Å². The molecule has 1 saturated carbocycles. The molecular formula is C28H35FS. The molecule has 2 aliphatic rings. The van der Waals surface area contributed by atoms with Crippen LogP contribution in [0.4, 0.5) is 4.39 Å². The summed E-state index contributed by atoms with van der Waals surface area (Å²) in [7, 11) is 0. The van der Waals surface area contributed by atoms with E-state index in [0.29, 0.717) is 5.92 Å². The maximum Gasteiger partial charge on any atom is 0.123 e. The molecule has 0 aromatic heterocycles. The maximum atomic E-state index is 13.3. The van der Waals surface area contributed by atoms with Gasteiger partial charge in [0.25, 0.3) is 0 Å². The molecule has 30 heavy (non-hydrogen) atoms. The van der Waals surface area contributed by atoms with Crippen molar-refractivity contribution in [1.82, 2.24) is 0 Å². The fourth-order valence-electron chi connectivity index (χ4n) is 5.44. The van der Waals surface area contributed by atoms with E-state index in [1.54, 1.807) is 17.7 Å². The molecule has 4 unspecified atom stereocenters. The molecule has 0 N–H and O–H groups in total. The number of hydrogen-bond donors (Lipinski definition) is 0. The van der Waals surface area contributed by atoms with Gasteiger partial charge in [0.15, 0.2) is 0 Å². The Bertz CT molecular complexity index is 913. The third-order valence-electron chi connectivity index (χ3n) is 7.36. The highest BCUT2D eigenvalue weighted by atomic mass is 32.2. The van der Waals surface area contributed by atoms with Crippen molar-refractivity contribution in [2.75, 3.05) is 0 Å². The molecule has 0 spiro atoms. The van der Waals surface area contributed by atoms with Crippen LogP contribution in [-0.2, 0) is 11.2 Å². The zero-order valence-electron chi connectivity index (χ0n) is 18.9. The highest BCUT2D eigenvalue weighted by Gasteiger charge is 2.33. The van der Waals surface area contributed by atoms with Crippen LogP contribution in [0.15, 0.2) is 53.4 Å². The predicted molar refractivity (Wildman–Crippen MR) is 128 cm³/mol. The largest absolute Gasteiger partial charge is 0.207 e. The molecule has 160 valence electrons. The highest BCUT2D eigenvalue weighted by Crippen LogP contribution is 2.50. The Balaban J connectivity index is 1.49. The molecular weight excluding hydrogens is 387 g/mol. The highest BCUT2D eigenvalue weighted by molar-refractivity contribution is 8.04. The van der Waals surface area contributed by atoms with Gasteiger partial charge in [-0.05, 0) is 96.6 Å². The quantitative estimate of drug-likeness (QED) is 0.465. The van der Waals surface area contributed by atoms with E-state index < -0.39 is 0 Å². The zero-order chi connectivity index (χ0) is 21.3. The average molecular weight is 423 g/mol. The third kappa shape index (κ3) is 4.69. The molecule has 2 aromatic rings. The van der Waals surface area contributed by atoms with Gasteiger partial charge in [-0.15, -0.1) is 11.8 Å². The van der Waals surface area contributed by atoms with Crippen LogP contribution >= 0.6 is 11.8 Å². The number of allylic oxidation sites excluding steroid dienone is 2. The second-order valence-corrected chi connectivity index (χ2v) is 11.5. The van der Waals surface area contributed by atoms with Gasteiger partial charge in [0.1, 0.15) is 5.82 Å². The minimum absolute atomic E-state index is 0.0156. The van der Waals surface area contributed by atoms with Crippen molar-refractivity contribution in [2.24, 2.45) is 11.8 Å². The van der Waals surface area contributed by atoms with E-state index in [0.717, 1.165) is 24.7 Å². The molecule has 2 heteroatoms. The summed E-state index contributed by atoms with van der Waals surface area (Å²) in [4.78, 5) is 1.45. The SMILES string of the molecule is CCC1CC(C)CC(c2ccc(C)c(CC3=CCC(C)(c4ccc(F)cc4)S3)c2)C1. The first kappa shape index (κ1) is 21.7. The van der Waals surface area contributed by atoms with E-state index in [1.165, 1.54) is 47.3 Å². The molecule has 2 aromatic carbocycles. The Morgan fingerprint density at radius 3 is 2.57 bits per heavy atom. The molecule has 1 heterocycles. The summed E-state index contributed by atoms with van der Waals surface area (Å²) in [6, 6.07) is 14.3. The van der Waals surface area contributed by atoms with Gasteiger partial charge in [0, 0.05) is 11.2 Å². The molecule has 0 radical (unpaired) electrons. The number of benzene rings is 2. The summed E-state index contributed by atoms with van der Waals surface area (Å²) in [5.74, 6) is 2.28. The molecule has 0 saturated heterocycles. The smallest absolute Gasteiger partial charge is 0.123 e. The Kier molecular flexibility index (Phi) is 6.44. The van der Waals surface area contributed by atoms with E-state index >= 15 is 0 Å². The number of aryl methyl sites for hydroxylation is 1. The minimum atomic E-state index is -0.159. The van der Waals surface area contributed by atoms with Crippen molar-refractivity contribution < 1.29 is 4.39 Å². The van der Waals surface area contributed by atoms with Crippen LogP contribution in [0.2, 0.25) is 0 Å². The molecule has 4 atom stereocenters. The van der Waals surface area contributed by atoms with Gasteiger partial charge in [-0.1, -0.05) is 56.7 Å². The van der Waals surface area contributed by atoms with Gasteiger partial charge in [0.05, 0.1) is 0 Å². The second kappa shape index (κ2) is 8.91. The fraction of sp³-hybridized carbons (Fsp3) is 0.500. The Morgan fingerprint density at radius 1 is 1.07 bits per heavy atom. The third-order valence-corrected chi connectivity index (χ3v) is 8.78. The zero-order valence-corrected chi connectivity index (χ0v) is 19.7. The number of halogens is 1. The lowest BCUT2D eigenvalue weighted by molar-refractivity contribution is 0.247. The first-order valence-electron chi connectivity index (χ1n) is 11.6. The van der Waals surface area contributed by atoms with Gasteiger partial charge in [-0.25, -0.2) is 4.39 Å². The first-order valence-corrected chi connectivity index (χ1v) is 12.4. The summed E-state index contributed by atoms with van der Waals surface area (Å²) in [5.41, 5.74) is 5.63. The molecule has 0 amide bonds. The minimum Gasteiger partial charge on any atom is -0.207 e. The fourth-order valence-corrected chi connectivity index (χ4v) is 6.84. The van der Waals surface area contributed by atoms with Gasteiger partial charge in [-0.3, -0.25) is 0 Å². The van der Waals surface area contributed by atoms with Crippen LogP contribution in [0.25, 0.3) is 0 Å². The van der Waals surface area contributed by atoms with Crippen LogP contribution in [0.5, 0.6) is 0 Å². The van der Waals surface area contributed by atoms with E-state index in [2.05, 4.69) is 52.0 Å². The van der Waals surface area contributed by atoms with E-state index in [-0.39, 0.29) is 10.6 Å². The van der Waals surface area contributed by atoms with Crippen LogP contribution in [0.1, 0.15) is 81.0 Å². The lowest BCUT2D eigenvalue weighted by Crippen LogP contribution is -2.19. The predicted octanol–water partition coefficient (Wildman–Crippen LogP) is 8.54. The number of hydrogen-bond acceptors (Lipinski definition) is 1. The Morgan fingerprint density at radius 2 is 1.83 bits per heavy atom. The monoisotopic (exact) mass is 422 g/mol. The Labute approximate surface area is 186 Å². The summed E-state index contributed by atoms with van der Waals surface area (Å²) in [5, 5.41) is 0. The van der Waals surface area contributed by atoms with Crippen molar-refractivity contribution in [3.05, 3.63) is 81.5 Å². The summed E-state index contributed by atoms with van der Waals surface area (Å²) in [6.07, 6.45) is 9.82. The van der Waals surface area contributed by atoms with Gasteiger partial charge < -0.3 is 0 Å². The van der Waals surface area contributed by atoms with Crippen molar-refractivity contribution in [2.45, 2.75) is 76.9 Å². The molecule has 0 bridgehead atoms. The normalized spacial score (nSPS) is 29.1. The van der Waals surface area contributed by atoms with Crippen molar-refractivity contribution in [3.63, 3.8) is 0 Å². The van der Waals surface area contributed by atoms with E-state index in [9.17, 15) is 4.39 Å². The summed E-state index contributed by atoms with van der Waals surface area (Å²) < 4.78 is 13.4.